The third kappa shape index (κ3) is 2.59. The quantitative estimate of drug-likeness (QED) is 0.774. The van der Waals surface area contributed by atoms with Crippen LogP contribution in [0.2, 0.25) is 0 Å². The van der Waals surface area contributed by atoms with Crippen LogP contribution in [0.1, 0.15) is 18.0 Å². The lowest BCUT2D eigenvalue weighted by Crippen LogP contribution is -2.28. The van der Waals surface area contributed by atoms with Crippen LogP contribution >= 0.6 is 0 Å². The fourth-order valence-corrected chi connectivity index (χ4v) is 1.64. The first kappa shape index (κ1) is 11.1. The molecule has 16 heavy (non-hydrogen) atoms. The number of ether oxygens (including phenoxy) is 2. The van der Waals surface area contributed by atoms with Gasteiger partial charge in [-0.3, -0.25) is 0 Å². The number of hydrogen-bond acceptors (Lipinski definition) is 4. The van der Waals surface area contributed by atoms with E-state index in [1.807, 2.05) is 30.3 Å². The number of carbonyl (C=O) groups excluding carboxylic acids is 1. The molecule has 1 aromatic rings. The average molecular weight is 221 g/mol. The monoisotopic (exact) mass is 221 g/mol. The van der Waals surface area contributed by atoms with Crippen LogP contribution in [0.3, 0.4) is 0 Å². The van der Waals surface area contributed by atoms with Crippen molar-refractivity contribution in [3.05, 3.63) is 35.9 Å². The van der Waals surface area contributed by atoms with E-state index in [0.29, 0.717) is 13.2 Å². The maximum Gasteiger partial charge on any atom is 0.327 e. The van der Waals surface area contributed by atoms with Crippen molar-refractivity contribution in [2.75, 3.05) is 13.2 Å². The minimum Gasteiger partial charge on any atom is -0.458 e. The smallest absolute Gasteiger partial charge is 0.327 e. The third-order valence-electron chi connectivity index (χ3n) is 2.58. The molecular formula is C12H15NO3. The molecular weight excluding hydrogens is 206 g/mol. The molecule has 0 amide bonds. The molecule has 1 aromatic carbocycles. The maximum atomic E-state index is 11.7. The molecule has 0 bridgehead atoms. The Morgan fingerprint density at radius 2 is 2.19 bits per heavy atom. The zero-order valence-corrected chi connectivity index (χ0v) is 8.96. The summed E-state index contributed by atoms with van der Waals surface area (Å²) in [6, 6.07) is 8.50. The summed E-state index contributed by atoms with van der Waals surface area (Å²) in [6.07, 6.45) is 0.620. The Labute approximate surface area is 94.3 Å². The fraction of sp³-hybridized carbons (Fsp3) is 0.417. The van der Waals surface area contributed by atoms with Crippen LogP contribution in [0.25, 0.3) is 0 Å². The Balaban J connectivity index is 1.94. The van der Waals surface area contributed by atoms with Crippen molar-refractivity contribution < 1.29 is 14.3 Å². The van der Waals surface area contributed by atoms with Gasteiger partial charge in [-0.1, -0.05) is 30.3 Å². The predicted molar refractivity (Wildman–Crippen MR) is 58.7 cm³/mol. The van der Waals surface area contributed by atoms with Gasteiger partial charge in [-0.25, -0.2) is 4.79 Å². The summed E-state index contributed by atoms with van der Waals surface area (Å²) in [4.78, 5) is 11.7. The zero-order chi connectivity index (χ0) is 11.4. The lowest BCUT2D eigenvalue weighted by Gasteiger charge is -2.15. The molecule has 2 rings (SSSR count). The van der Waals surface area contributed by atoms with E-state index in [0.717, 1.165) is 12.0 Å². The van der Waals surface area contributed by atoms with E-state index in [1.165, 1.54) is 0 Å². The molecule has 4 nitrogen and oxygen atoms in total. The van der Waals surface area contributed by atoms with Crippen LogP contribution < -0.4 is 5.73 Å². The van der Waals surface area contributed by atoms with Crippen molar-refractivity contribution in [3.8, 4) is 0 Å². The molecule has 1 aliphatic rings. The van der Waals surface area contributed by atoms with Gasteiger partial charge in [-0.15, -0.1) is 0 Å². The van der Waals surface area contributed by atoms with Gasteiger partial charge in [0.25, 0.3) is 0 Å². The summed E-state index contributed by atoms with van der Waals surface area (Å²) in [6.45, 7) is 1.13. The zero-order valence-electron chi connectivity index (χ0n) is 8.96. The molecule has 0 aliphatic carbocycles. The highest BCUT2D eigenvalue weighted by Gasteiger charge is 2.24. The van der Waals surface area contributed by atoms with Crippen molar-refractivity contribution in [3.63, 3.8) is 0 Å². The van der Waals surface area contributed by atoms with Gasteiger partial charge in [0.05, 0.1) is 13.2 Å². The second-order valence-corrected chi connectivity index (χ2v) is 3.81. The molecule has 86 valence electrons. The summed E-state index contributed by atoms with van der Waals surface area (Å²) >= 11 is 0. The van der Waals surface area contributed by atoms with Gasteiger partial charge in [-0.05, 0) is 5.56 Å². The van der Waals surface area contributed by atoms with E-state index in [2.05, 4.69) is 0 Å². The van der Waals surface area contributed by atoms with Gasteiger partial charge in [0.15, 0.2) is 0 Å². The largest absolute Gasteiger partial charge is 0.458 e. The first-order valence-corrected chi connectivity index (χ1v) is 5.36. The first-order valence-electron chi connectivity index (χ1n) is 5.36. The highest BCUT2D eigenvalue weighted by molar-refractivity contribution is 5.77. The van der Waals surface area contributed by atoms with E-state index < -0.39 is 6.04 Å². The van der Waals surface area contributed by atoms with Crippen LogP contribution in [0, 0.1) is 0 Å². The molecule has 1 saturated heterocycles. The Morgan fingerprint density at radius 1 is 1.44 bits per heavy atom. The summed E-state index contributed by atoms with van der Waals surface area (Å²) in [5.41, 5.74) is 6.57. The number of carbonyl (C=O) groups is 1. The van der Waals surface area contributed by atoms with E-state index >= 15 is 0 Å². The average Bonchev–Trinajstić information content (AvgIpc) is 2.82. The molecule has 1 fully saturated rings. The number of benzene rings is 1. The standard InChI is InChI=1S/C12H15NO3/c13-11(9-4-2-1-3-5-9)12(14)16-10-6-7-15-8-10/h1-5,10-11H,6-8,13H2/t10?,11-/m1/s1. The van der Waals surface area contributed by atoms with E-state index in [-0.39, 0.29) is 12.1 Å². The molecule has 1 aliphatic heterocycles. The minimum absolute atomic E-state index is 0.137. The molecule has 0 spiro atoms. The van der Waals surface area contributed by atoms with Crippen LogP contribution in [0.5, 0.6) is 0 Å². The minimum atomic E-state index is -0.707. The maximum absolute atomic E-state index is 11.7. The van der Waals surface area contributed by atoms with Crippen molar-refractivity contribution >= 4 is 5.97 Å². The van der Waals surface area contributed by atoms with E-state index in [4.69, 9.17) is 15.2 Å². The van der Waals surface area contributed by atoms with Gasteiger partial charge >= 0.3 is 5.97 Å². The van der Waals surface area contributed by atoms with Crippen molar-refractivity contribution in [2.24, 2.45) is 5.73 Å². The lowest BCUT2D eigenvalue weighted by molar-refractivity contribution is -0.150. The normalized spacial score (nSPS) is 21.7. The molecule has 0 aromatic heterocycles. The summed E-state index contributed by atoms with van der Waals surface area (Å²) in [5.74, 6) is -0.387. The SMILES string of the molecule is N[C@@H](C(=O)OC1CCOC1)c1ccccc1. The van der Waals surface area contributed by atoms with Gasteiger partial charge < -0.3 is 15.2 Å². The highest BCUT2D eigenvalue weighted by Crippen LogP contribution is 2.15. The second kappa shape index (κ2) is 5.09. The fourth-order valence-electron chi connectivity index (χ4n) is 1.64. The Bertz CT molecular complexity index is 347. The molecule has 1 heterocycles. The Morgan fingerprint density at radius 3 is 2.81 bits per heavy atom. The topological polar surface area (TPSA) is 61.6 Å². The molecule has 4 heteroatoms. The van der Waals surface area contributed by atoms with Gasteiger partial charge in [0.2, 0.25) is 0 Å². The summed E-state index contributed by atoms with van der Waals surface area (Å²) in [5, 5.41) is 0. The van der Waals surface area contributed by atoms with Crippen LogP contribution in [-0.4, -0.2) is 25.3 Å². The van der Waals surface area contributed by atoms with Crippen molar-refractivity contribution in [1.82, 2.24) is 0 Å². The Hall–Kier alpha value is -1.39. The molecule has 0 radical (unpaired) electrons. The summed E-state index contributed by atoms with van der Waals surface area (Å²) < 4.78 is 10.4. The van der Waals surface area contributed by atoms with Crippen molar-refractivity contribution in [1.29, 1.82) is 0 Å². The van der Waals surface area contributed by atoms with E-state index in [1.54, 1.807) is 0 Å². The number of rotatable bonds is 3. The van der Waals surface area contributed by atoms with Gasteiger partial charge in [0.1, 0.15) is 12.1 Å². The first-order chi connectivity index (χ1) is 7.77. The Kier molecular flexibility index (Phi) is 3.54. The lowest BCUT2D eigenvalue weighted by atomic mass is 10.1. The van der Waals surface area contributed by atoms with Crippen molar-refractivity contribution in [2.45, 2.75) is 18.6 Å². The van der Waals surface area contributed by atoms with Gasteiger partial charge in [0, 0.05) is 6.42 Å². The van der Waals surface area contributed by atoms with Crippen LogP contribution in [0.15, 0.2) is 30.3 Å². The third-order valence-corrected chi connectivity index (χ3v) is 2.58. The van der Waals surface area contributed by atoms with Crippen LogP contribution in [0.4, 0.5) is 0 Å². The molecule has 2 atom stereocenters. The molecule has 2 N–H and O–H groups in total. The number of esters is 1. The number of nitrogens with two attached hydrogens (primary N) is 1. The van der Waals surface area contributed by atoms with Gasteiger partial charge in [-0.2, -0.15) is 0 Å². The predicted octanol–water partition coefficient (Wildman–Crippen LogP) is 1.02. The van der Waals surface area contributed by atoms with E-state index in [9.17, 15) is 4.79 Å². The number of hydrogen-bond donors (Lipinski definition) is 1. The van der Waals surface area contributed by atoms with Crippen LogP contribution in [-0.2, 0) is 14.3 Å². The molecule has 1 unspecified atom stereocenters. The highest BCUT2D eigenvalue weighted by atomic mass is 16.6. The summed E-state index contributed by atoms with van der Waals surface area (Å²) in [7, 11) is 0. The second-order valence-electron chi connectivity index (χ2n) is 3.81. The molecule has 0 saturated carbocycles.